The Morgan fingerprint density at radius 1 is 1.38 bits per heavy atom. The number of amides is 1. The van der Waals surface area contributed by atoms with Gasteiger partial charge in [-0.1, -0.05) is 30.3 Å². The van der Waals surface area contributed by atoms with Crippen LogP contribution in [-0.2, 0) is 9.53 Å². The van der Waals surface area contributed by atoms with E-state index in [2.05, 4.69) is 5.32 Å². The number of aliphatic hydroxyl groups is 1. The number of rotatable bonds is 9. The van der Waals surface area contributed by atoms with Gasteiger partial charge in [0.15, 0.2) is 0 Å². The largest absolute Gasteiger partial charge is 0.389 e. The number of ether oxygens (including phenoxy) is 1. The molecule has 2 atom stereocenters. The van der Waals surface area contributed by atoms with Crippen LogP contribution in [-0.4, -0.2) is 35.8 Å². The van der Waals surface area contributed by atoms with Gasteiger partial charge in [-0.05, 0) is 26.3 Å². The Bertz CT molecular complexity index is 434. The Morgan fingerprint density at radius 2 is 2.00 bits per heavy atom. The summed E-state index contributed by atoms with van der Waals surface area (Å²) in [6, 6.07) is 9.85. The van der Waals surface area contributed by atoms with E-state index >= 15 is 0 Å². The molecule has 0 aromatic heterocycles. The van der Waals surface area contributed by atoms with Gasteiger partial charge in [0.2, 0.25) is 5.91 Å². The van der Waals surface area contributed by atoms with Crippen LogP contribution in [0.1, 0.15) is 38.9 Å². The molecule has 5 nitrogen and oxygen atoms in total. The fourth-order valence-electron chi connectivity index (χ4n) is 2.03. The van der Waals surface area contributed by atoms with Gasteiger partial charge in [0.05, 0.1) is 18.8 Å². The maximum Gasteiger partial charge on any atom is 0.219 e. The molecule has 1 rings (SSSR count). The normalized spacial score (nSPS) is 14.7. The molecule has 118 valence electrons. The van der Waals surface area contributed by atoms with Gasteiger partial charge < -0.3 is 20.9 Å². The Kier molecular flexibility index (Phi) is 6.81. The van der Waals surface area contributed by atoms with Crippen molar-refractivity contribution in [3.05, 3.63) is 35.9 Å². The number of β-amino-alcohol motifs (C(OH)–C–C–N with tert-alkyl or cyclic N) is 1. The summed E-state index contributed by atoms with van der Waals surface area (Å²) in [5.41, 5.74) is 5.82. The number of nitrogens with one attached hydrogen (secondary N) is 1. The lowest BCUT2D eigenvalue weighted by molar-refractivity contribution is -0.119. The van der Waals surface area contributed by atoms with Crippen molar-refractivity contribution in [2.45, 2.75) is 44.9 Å². The van der Waals surface area contributed by atoms with Gasteiger partial charge in [-0.15, -0.1) is 0 Å². The fraction of sp³-hybridized carbons (Fsp3) is 0.562. The van der Waals surface area contributed by atoms with Crippen molar-refractivity contribution in [1.29, 1.82) is 0 Å². The van der Waals surface area contributed by atoms with Crippen LogP contribution in [0.4, 0.5) is 0 Å². The first kappa shape index (κ1) is 17.6. The number of aliphatic hydroxyl groups excluding tert-OH is 1. The topological polar surface area (TPSA) is 84.6 Å². The molecule has 1 aromatic carbocycles. The lowest BCUT2D eigenvalue weighted by Crippen LogP contribution is -2.46. The number of nitrogens with two attached hydrogens (primary N) is 1. The molecule has 0 fully saturated rings. The zero-order chi connectivity index (χ0) is 15.9. The second-order valence-corrected chi connectivity index (χ2v) is 5.95. The molecule has 1 amide bonds. The van der Waals surface area contributed by atoms with Gasteiger partial charge in [-0.3, -0.25) is 4.79 Å². The number of hydrogen-bond donors (Lipinski definition) is 3. The first-order chi connectivity index (χ1) is 9.80. The standard InChI is InChI=1S/C16H26N2O3/c1-12(13-7-5-4-6-8-13)21-11-14(19)10-18-16(2,3)9-15(17)20/h4-8,12,14,18-19H,9-11H2,1-3H3,(H2,17,20). The van der Waals surface area contributed by atoms with Crippen LogP contribution in [0.25, 0.3) is 0 Å². The predicted molar refractivity (Wildman–Crippen MR) is 82.7 cm³/mol. The molecule has 0 saturated heterocycles. The van der Waals surface area contributed by atoms with Gasteiger partial charge in [0.25, 0.3) is 0 Å². The van der Waals surface area contributed by atoms with Crippen molar-refractivity contribution in [3.63, 3.8) is 0 Å². The number of benzene rings is 1. The SMILES string of the molecule is CC(OCC(O)CNC(C)(C)CC(N)=O)c1ccccc1. The lowest BCUT2D eigenvalue weighted by atomic mass is 10.00. The molecule has 0 saturated carbocycles. The van der Waals surface area contributed by atoms with Crippen molar-refractivity contribution in [3.8, 4) is 0 Å². The fourth-order valence-corrected chi connectivity index (χ4v) is 2.03. The highest BCUT2D eigenvalue weighted by atomic mass is 16.5. The van der Waals surface area contributed by atoms with E-state index in [1.165, 1.54) is 0 Å². The van der Waals surface area contributed by atoms with Gasteiger partial charge >= 0.3 is 0 Å². The summed E-state index contributed by atoms with van der Waals surface area (Å²) in [6.07, 6.45) is -0.483. The average Bonchev–Trinajstić information content (AvgIpc) is 2.42. The van der Waals surface area contributed by atoms with Crippen molar-refractivity contribution >= 4 is 5.91 Å². The number of carbonyl (C=O) groups excluding carboxylic acids is 1. The Balaban J connectivity index is 2.31. The van der Waals surface area contributed by atoms with Crippen LogP contribution in [0, 0.1) is 0 Å². The van der Waals surface area contributed by atoms with E-state index in [0.29, 0.717) is 6.54 Å². The Morgan fingerprint density at radius 3 is 2.57 bits per heavy atom. The highest BCUT2D eigenvalue weighted by Crippen LogP contribution is 2.16. The smallest absolute Gasteiger partial charge is 0.219 e. The average molecular weight is 294 g/mol. The summed E-state index contributed by atoms with van der Waals surface area (Å²) in [7, 11) is 0. The predicted octanol–water partition coefficient (Wildman–Crippen LogP) is 1.37. The van der Waals surface area contributed by atoms with Crippen molar-refractivity contribution in [2.24, 2.45) is 5.73 Å². The number of carbonyl (C=O) groups is 1. The van der Waals surface area contributed by atoms with Crippen molar-refractivity contribution in [1.82, 2.24) is 5.32 Å². The third-order valence-corrected chi connectivity index (χ3v) is 3.24. The minimum Gasteiger partial charge on any atom is -0.389 e. The summed E-state index contributed by atoms with van der Waals surface area (Å²) in [4.78, 5) is 10.9. The summed E-state index contributed by atoms with van der Waals surface area (Å²) in [6.45, 7) is 6.28. The first-order valence-electron chi connectivity index (χ1n) is 7.18. The first-order valence-corrected chi connectivity index (χ1v) is 7.18. The molecule has 0 aliphatic carbocycles. The summed E-state index contributed by atoms with van der Waals surface area (Å²) in [5, 5.41) is 13.1. The summed E-state index contributed by atoms with van der Waals surface area (Å²) < 4.78 is 5.65. The van der Waals surface area contributed by atoms with Gasteiger partial charge in [0, 0.05) is 18.5 Å². The quantitative estimate of drug-likeness (QED) is 0.642. The van der Waals surface area contributed by atoms with E-state index in [9.17, 15) is 9.90 Å². The molecular formula is C16H26N2O3. The van der Waals surface area contributed by atoms with Gasteiger partial charge in [-0.2, -0.15) is 0 Å². The molecule has 21 heavy (non-hydrogen) atoms. The summed E-state index contributed by atoms with van der Waals surface area (Å²) in [5.74, 6) is -0.365. The summed E-state index contributed by atoms with van der Waals surface area (Å²) >= 11 is 0. The van der Waals surface area contributed by atoms with E-state index in [0.717, 1.165) is 5.56 Å². The highest BCUT2D eigenvalue weighted by molar-refractivity contribution is 5.74. The molecule has 0 aliphatic rings. The molecule has 5 heteroatoms. The molecule has 1 aromatic rings. The molecule has 4 N–H and O–H groups in total. The van der Waals surface area contributed by atoms with Crippen LogP contribution >= 0.6 is 0 Å². The highest BCUT2D eigenvalue weighted by Gasteiger charge is 2.21. The van der Waals surface area contributed by atoms with Gasteiger partial charge in [-0.25, -0.2) is 0 Å². The molecule has 0 aliphatic heterocycles. The second kappa shape index (κ2) is 8.12. The van der Waals surface area contributed by atoms with Gasteiger partial charge in [0.1, 0.15) is 0 Å². The Hall–Kier alpha value is -1.43. The van der Waals surface area contributed by atoms with Crippen molar-refractivity contribution in [2.75, 3.05) is 13.2 Å². The van der Waals surface area contributed by atoms with E-state index in [4.69, 9.17) is 10.5 Å². The van der Waals surface area contributed by atoms with Crippen LogP contribution in [0.15, 0.2) is 30.3 Å². The molecule has 0 bridgehead atoms. The van der Waals surface area contributed by atoms with Crippen LogP contribution in [0.3, 0.4) is 0 Å². The Labute approximate surface area is 126 Å². The maximum absolute atomic E-state index is 10.9. The molecular weight excluding hydrogens is 268 g/mol. The second-order valence-electron chi connectivity index (χ2n) is 5.95. The minimum absolute atomic E-state index is 0.0699. The van der Waals surface area contributed by atoms with E-state index in [1.807, 2.05) is 51.1 Å². The molecule has 0 spiro atoms. The third kappa shape index (κ3) is 7.22. The molecule has 2 unspecified atom stereocenters. The van der Waals surface area contributed by atoms with Crippen LogP contribution in [0.2, 0.25) is 0 Å². The van der Waals surface area contributed by atoms with Crippen LogP contribution < -0.4 is 11.1 Å². The zero-order valence-corrected chi connectivity index (χ0v) is 13.0. The number of hydrogen-bond acceptors (Lipinski definition) is 4. The number of primary amides is 1. The van der Waals surface area contributed by atoms with E-state index < -0.39 is 11.6 Å². The maximum atomic E-state index is 10.9. The van der Waals surface area contributed by atoms with E-state index in [-0.39, 0.29) is 25.0 Å². The van der Waals surface area contributed by atoms with Crippen LogP contribution in [0.5, 0.6) is 0 Å². The van der Waals surface area contributed by atoms with Crippen molar-refractivity contribution < 1.29 is 14.6 Å². The zero-order valence-electron chi connectivity index (χ0n) is 13.0. The third-order valence-electron chi connectivity index (χ3n) is 3.24. The molecule has 0 radical (unpaired) electrons. The van der Waals surface area contributed by atoms with E-state index in [1.54, 1.807) is 0 Å². The molecule has 0 heterocycles. The monoisotopic (exact) mass is 294 g/mol. The lowest BCUT2D eigenvalue weighted by Gasteiger charge is -2.26. The minimum atomic E-state index is -0.636.